The van der Waals surface area contributed by atoms with Gasteiger partial charge in [-0.05, 0) is 32.6 Å². The number of amides is 2. The van der Waals surface area contributed by atoms with Crippen LogP contribution in [0.25, 0.3) is 0 Å². The fourth-order valence-corrected chi connectivity index (χ4v) is 2.50. The Morgan fingerprint density at radius 3 is 2.25 bits per heavy atom. The predicted molar refractivity (Wildman–Crippen MR) is 78.7 cm³/mol. The van der Waals surface area contributed by atoms with Crippen LogP contribution < -0.4 is 5.32 Å². The molecule has 1 heterocycles. The summed E-state index contributed by atoms with van der Waals surface area (Å²) in [5, 5.41) is 11.8. The van der Waals surface area contributed by atoms with Crippen molar-refractivity contribution in [3.8, 4) is 0 Å². The van der Waals surface area contributed by atoms with E-state index in [0.29, 0.717) is 6.42 Å². The van der Waals surface area contributed by atoms with E-state index in [1.165, 1.54) is 12.8 Å². The largest absolute Gasteiger partial charge is 0.481 e. The number of carboxylic acid groups (broad SMARTS) is 1. The minimum absolute atomic E-state index is 0.0330. The Morgan fingerprint density at radius 2 is 1.70 bits per heavy atom. The quantitative estimate of drug-likeness (QED) is 0.788. The number of nitrogens with zero attached hydrogens (tertiary/aromatic N) is 1. The Bertz CT molecular complexity index is 312. The second-order valence-corrected chi connectivity index (χ2v) is 5.92. The van der Waals surface area contributed by atoms with Gasteiger partial charge in [-0.15, -0.1) is 0 Å². The van der Waals surface area contributed by atoms with Crippen LogP contribution in [0.5, 0.6) is 0 Å². The number of urea groups is 1. The third-order valence-electron chi connectivity index (χ3n) is 3.96. The van der Waals surface area contributed by atoms with Crippen molar-refractivity contribution in [2.75, 3.05) is 13.1 Å². The van der Waals surface area contributed by atoms with Gasteiger partial charge >= 0.3 is 12.0 Å². The molecule has 0 aromatic rings. The minimum atomic E-state index is -0.744. The van der Waals surface area contributed by atoms with Gasteiger partial charge in [-0.25, -0.2) is 4.79 Å². The van der Waals surface area contributed by atoms with Gasteiger partial charge in [-0.1, -0.05) is 26.2 Å². The third kappa shape index (κ3) is 6.26. The Kier molecular flexibility index (Phi) is 7.41. The van der Waals surface area contributed by atoms with Crippen molar-refractivity contribution in [2.24, 2.45) is 5.92 Å². The highest BCUT2D eigenvalue weighted by atomic mass is 16.4. The van der Waals surface area contributed by atoms with Crippen molar-refractivity contribution in [1.82, 2.24) is 10.2 Å². The average molecular weight is 284 g/mol. The molecule has 1 saturated heterocycles. The zero-order valence-electron chi connectivity index (χ0n) is 12.7. The molecule has 5 heteroatoms. The number of aliphatic carboxylic acids is 1. The molecule has 0 aromatic heterocycles. The first-order valence-electron chi connectivity index (χ1n) is 7.79. The molecule has 0 aliphatic carbocycles. The first-order valence-corrected chi connectivity index (χ1v) is 7.79. The first-order chi connectivity index (χ1) is 9.50. The summed E-state index contributed by atoms with van der Waals surface area (Å²) >= 11 is 0. The molecule has 116 valence electrons. The van der Waals surface area contributed by atoms with E-state index in [4.69, 9.17) is 5.11 Å². The second-order valence-electron chi connectivity index (χ2n) is 5.92. The van der Waals surface area contributed by atoms with Gasteiger partial charge in [0, 0.05) is 19.1 Å². The van der Waals surface area contributed by atoms with E-state index in [-0.39, 0.29) is 18.0 Å². The van der Waals surface area contributed by atoms with E-state index >= 15 is 0 Å². The minimum Gasteiger partial charge on any atom is -0.481 e. The lowest BCUT2D eigenvalue weighted by Crippen LogP contribution is -2.44. The Morgan fingerprint density at radius 1 is 1.10 bits per heavy atom. The number of carbonyl (C=O) groups is 2. The molecule has 0 radical (unpaired) electrons. The van der Waals surface area contributed by atoms with Crippen molar-refractivity contribution >= 4 is 12.0 Å². The summed E-state index contributed by atoms with van der Waals surface area (Å²) in [5.74, 6) is -1.05. The predicted octanol–water partition coefficient (Wildman–Crippen LogP) is 2.85. The van der Waals surface area contributed by atoms with Crippen LogP contribution in [0.3, 0.4) is 0 Å². The summed E-state index contributed by atoms with van der Waals surface area (Å²) in [6.07, 6.45) is 6.94. The number of rotatable bonds is 6. The zero-order valence-corrected chi connectivity index (χ0v) is 12.7. The van der Waals surface area contributed by atoms with Crippen LogP contribution >= 0.6 is 0 Å². The van der Waals surface area contributed by atoms with Gasteiger partial charge in [0.05, 0.1) is 5.92 Å². The monoisotopic (exact) mass is 284 g/mol. The molecule has 1 aliphatic rings. The summed E-state index contributed by atoms with van der Waals surface area (Å²) in [7, 11) is 0. The molecule has 1 rings (SSSR count). The smallest absolute Gasteiger partial charge is 0.317 e. The molecule has 1 aliphatic heterocycles. The molecule has 2 unspecified atom stereocenters. The van der Waals surface area contributed by atoms with Gasteiger partial charge in [-0.2, -0.15) is 0 Å². The van der Waals surface area contributed by atoms with Crippen LogP contribution in [-0.2, 0) is 4.79 Å². The molecular weight excluding hydrogens is 256 g/mol. The highest BCUT2D eigenvalue weighted by molar-refractivity contribution is 5.74. The normalized spacial score (nSPS) is 19.0. The highest BCUT2D eigenvalue weighted by Gasteiger charge is 2.17. The molecule has 1 fully saturated rings. The van der Waals surface area contributed by atoms with Crippen LogP contribution in [0.1, 0.15) is 58.8 Å². The third-order valence-corrected chi connectivity index (χ3v) is 3.96. The van der Waals surface area contributed by atoms with E-state index in [1.54, 1.807) is 6.92 Å². The highest BCUT2D eigenvalue weighted by Crippen LogP contribution is 2.12. The first kappa shape index (κ1) is 16.8. The zero-order chi connectivity index (χ0) is 15.0. The van der Waals surface area contributed by atoms with Crippen molar-refractivity contribution in [3.05, 3.63) is 0 Å². The van der Waals surface area contributed by atoms with E-state index < -0.39 is 5.97 Å². The number of likely N-dealkylation sites (tertiary alicyclic amines) is 1. The summed E-state index contributed by atoms with van der Waals surface area (Å²) < 4.78 is 0. The molecule has 0 bridgehead atoms. The van der Waals surface area contributed by atoms with Crippen LogP contribution in [-0.4, -0.2) is 41.1 Å². The van der Waals surface area contributed by atoms with Crippen molar-refractivity contribution in [2.45, 2.75) is 64.8 Å². The summed E-state index contributed by atoms with van der Waals surface area (Å²) in [4.78, 5) is 24.7. The average Bonchev–Trinajstić information content (AvgIpc) is 2.67. The van der Waals surface area contributed by atoms with Gasteiger partial charge in [0.15, 0.2) is 0 Å². The lowest BCUT2D eigenvalue weighted by Gasteiger charge is -2.23. The fourth-order valence-electron chi connectivity index (χ4n) is 2.50. The van der Waals surface area contributed by atoms with Crippen molar-refractivity contribution in [3.63, 3.8) is 0 Å². The molecule has 0 saturated carbocycles. The van der Waals surface area contributed by atoms with E-state index in [2.05, 4.69) is 5.32 Å². The van der Waals surface area contributed by atoms with Crippen molar-refractivity contribution < 1.29 is 14.7 Å². The summed E-state index contributed by atoms with van der Waals surface area (Å²) in [5.41, 5.74) is 0. The van der Waals surface area contributed by atoms with Crippen LogP contribution in [0.15, 0.2) is 0 Å². The molecule has 5 nitrogen and oxygen atoms in total. The Hall–Kier alpha value is -1.26. The molecule has 2 amide bonds. The van der Waals surface area contributed by atoms with E-state index in [1.807, 2.05) is 11.8 Å². The van der Waals surface area contributed by atoms with Crippen molar-refractivity contribution in [1.29, 1.82) is 0 Å². The lowest BCUT2D eigenvalue weighted by molar-refractivity contribution is -0.141. The summed E-state index contributed by atoms with van der Waals surface area (Å²) in [6, 6.07) is 0.137. The molecule has 0 aromatic carbocycles. The van der Waals surface area contributed by atoms with Gasteiger partial charge in [0.1, 0.15) is 0 Å². The Balaban J connectivity index is 2.21. The van der Waals surface area contributed by atoms with Crippen LogP contribution in [0.2, 0.25) is 0 Å². The standard InChI is InChI=1S/C15H28N2O3/c1-12(14(18)19)8-7-9-13(2)16-15(20)17-10-5-3-4-6-11-17/h12-13H,3-11H2,1-2H3,(H,16,20)(H,18,19). The van der Waals surface area contributed by atoms with Gasteiger partial charge in [-0.3, -0.25) is 4.79 Å². The van der Waals surface area contributed by atoms with E-state index in [0.717, 1.165) is 38.8 Å². The number of carboxylic acids is 1. The maximum atomic E-state index is 12.1. The SMILES string of the molecule is CC(CCCC(C)C(=O)O)NC(=O)N1CCCCCC1. The number of hydrogen-bond donors (Lipinski definition) is 2. The molecular formula is C15H28N2O3. The maximum Gasteiger partial charge on any atom is 0.317 e. The van der Waals surface area contributed by atoms with Gasteiger partial charge in [0.25, 0.3) is 0 Å². The molecule has 2 atom stereocenters. The molecule has 2 N–H and O–H groups in total. The molecule has 20 heavy (non-hydrogen) atoms. The van der Waals surface area contributed by atoms with Gasteiger partial charge < -0.3 is 15.3 Å². The molecule has 0 spiro atoms. The number of carbonyl (C=O) groups excluding carboxylic acids is 1. The topological polar surface area (TPSA) is 69.6 Å². The van der Waals surface area contributed by atoms with Crippen LogP contribution in [0, 0.1) is 5.92 Å². The lowest BCUT2D eigenvalue weighted by atomic mass is 10.0. The second kappa shape index (κ2) is 8.82. The Labute approximate surface area is 121 Å². The number of nitrogens with one attached hydrogen (secondary N) is 1. The maximum absolute atomic E-state index is 12.1. The summed E-state index contributed by atoms with van der Waals surface area (Å²) in [6.45, 7) is 5.42. The van der Waals surface area contributed by atoms with Crippen LogP contribution in [0.4, 0.5) is 4.79 Å². The van der Waals surface area contributed by atoms with Gasteiger partial charge in [0.2, 0.25) is 0 Å². The fraction of sp³-hybridized carbons (Fsp3) is 0.867. The van der Waals surface area contributed by atoms with E-state index in [9.17, 15) is 9.59 Å². The number of hydrogen-bond acceptors (Lipinski definition) is 2.